The molecule has 0 unspecified atom stereocenters. The van der Waals surface area contributed by atoms with Crippen molar-refractivity contribution in [1.82, 2.24) is 29.7 Å². The van der Waals surface area contributed by atoms with Gasteiger partial charge in [0.2, 0.25) is 5.91 Å². The minimum atomic E-state index is -0.234. The number of aromatic nitrogens is 3. The first-order chi connectivity index (χ1) is 12.6. The van der Waals surface area contributed by atoms with Crippen LogP contribution in [0.4, 0.5) is 0 Å². The lowest BCUT2D eigenvalue weighted by atomic mass is 10.1. The van der Waals surface area contributed by atoms with Gasteiger partial charge in [-0.25, -0.2) is 9.50 Å². The van der Waals surface area contributed by atoms with E-state index in [-0.39, 0.29) is 17.4 Å². The molecule has 0 aromatic carbocycles. The Bertz CT molecular complexity index is 859. The number of amides is 2. The minimum Gasteiger partial charge on any atom is -0.350 e. The molecule has 0 spiro atoms. The van der Waals surface area contributed by atoms with Gasteiger partial charge in [-0.1, -0.05) is 0 Å². The van der Waals surface area contributed by atoms with E-state index in [4.69, 9.17) is 0 Å². The maximum Gasteiger partial charge on any atom is 0.259 e. The van der Waals surface area contributed by atoms with Gasteiger partial charge in [0.05, 0.1) is 12.7 Å². The van der Waals surface area contributed by atoms with Crippen molar-refractivity contribution in [3.05, 3.63) is 29.2 Å². The number of aryl methyl sites for hydroxylation is 2. The first kappa shape index (κ1) is 19.3. The molecule has 3 heterocycles. The fourth-order valence-corrected chi connectivity index (χ4v) is 3.36. The number of nitrogens with one attached hydrogen (secondary N) is 1. The summed E-state index contributed by atoms with van der Waals surface area (Å²) in [6, 6.07) is 1.94. The zero-order valence-electron chi connectivity index (χ0n) is 16.7. The third kappa shape index (κ3) is 4.44. The maximum atomic E-state index is 12.9. The number of hydrogen-bond acceptors (Lipinski definition) is 5. The molecule has 0 aliphatic carbocycles. The summed E-state index contributed by atoms with van der Waals surface area (Å²) in [7, 11) is 0. The fraction of sp³-hybridized carbons (Fsp3) is 0.579. The van der Waals surface area contributed by atoms with Crippen LogP contribution in [0, 0.1) is 13.8 Å². The van der Waals surface area contributed by atoms with Gasteiger partial charge in [0.15, 0.2) is 5.65 Å². The Hall–Kier alpha value is -2.48. The minimum absolute atomic E-state index is 0.0139. The summed E-state index contributed by atoms with van der Waals surface area (Å²) in [5.74, 6) is -0.0404. The average Bonchev–Trinajstić information content (AvgIpc) is 2.97. The fourth-order valence-electron chi connectivity index (χ4n) is 3.36. The van der Waals surface area contributed by atoms with Crippen molar-refractivity contribution in [2.24, 2.45) is 0 Å². The number of rotatable bonds is 3. The van der Waals surface area contributed by atoms with Crippen LogP contribution in [0.25, 0.3) is 5.65 Å². The molecule has 1 N–H and O–H groups in total. The van der Waals surface area contributed by atoms with Gasteiger partial charge in [-0.2, -0.15) is 5.10 Å². The first-order valence-electron chi connectivity index (χ1n) is 9.29. The van der Waals surface area contributed by atoms with E-state index < -0.39 is 0 Å². The largest absolute Gasteiger partial charge is 0.350 e. The van der Waals surface area contributed by atoms with Gasteiger partial charge < -0.3 is 10.2 Å². The summed E-state index contributed by atoms with van der Waals surface area (Å²) < 4.78 is 1.70. The normalized spacial score (nSPS) is 16.0. The van der Waals surface area contributed by atoms with E-state index in [2.05, 4.69) is 20.3 Å². The van der Waals surface area contributed by atoms with Gasteiger partial charge in [0, 0.05) is 43.1 Å². The summed E-state index contributed by atoms with van der Waals surface area (Å²) in [4.78, 5) is 33.4. The lowest BCUT2D eigenvalue weighted by molar-refractivity contribution is -0.124. The highest BCUT2D eigenvalue weighted by Crippen LogP contribution is 2.15. The van der Waals surface area contributed by atoms with E-state index in [1.54, 1.807) is 10.7 Å². The van der Waals surface area contributed by atoms with Crippen LogP contribution in [0.15, 0.2) is 12.3 Å². The highest BCUT2D eigenvalue weighted by atomic mass is 16.2. The molecule has 1 aliphatic heterocycles. The van der Waals surface area contributed by atoms with Gasteiger partial charge in [0.1, 0.15) is 5.56 Å². The molecule has 1 saturated heterocycles. The Kier molecular flexibility index (Phi) is 5.19. The SMILES string of the molecule is Cc1cc(C)n2ncc(C(=O)N3CCN(CC(=O)NC(C)(C)C)CC3)c2n1. The van der Waals surface area contributed by atoms with Gasteiger partial charge in [-0.15, -0.1) is 0 Å². The van der Waals surface area contributed by atoms with Crippen molar-refractivity contribution in [2.75, 3.05) is 32.7 Å². The number of fused-ring (bicyclic) bond motifs is 1. The van der Waals surface area contributed by atoms with Gasteiger partial charge >= 0.3 is 0 Å². The maximum absolute atomic E-state index is 12.9. The average molecular weight is 372 g/mol. The standard InChI is InChI=1S/C19H28N6O2/c1-13-10-14(2)25-17(21-13)15(11-20-25)18(27)24-8-6-23(7-9-24)12-16(26)22-19(3,4)5/h10-11H,6-9,12H2,1-5H3,(H,22,26). The predicted octanol–water partition coefficient (Wildman–Crippen LogP) is 1.02. The second kappa shape index (κ2) is 7.26. The predicted molar refractivity (Wildman–Crippen MR) is 103 cm³/mol. The van der Waals surface area contributed by atoms with Crippen LogP contribution in [0.2, 0.25) is 0 Å². The summed E-state index contributed by atoms with van der Waals surface area (Å²) in [5.41, 5.74) is 2.71. The van der Waals surface area contributed by atoms with E-state index in [1.165, 1.54) is 0 Å². The summed E-state index contributed by atoms with van der Waals surface area (Å²) in [5, 5.41) is 7.28. The summed E-state index contributed by atoms with van der Waals surface area (Å²) in [6.07, 6.45) is 1.60. The Labute approximate surface area is 159 Å². The van der Waals surface area contributed by atoms with Crippen LogP contribution in [0.1, 0.15) is 42.5 Å². The Morgan fingerprint density at radius 1 is 1.15 bits per heavy atom. The Balaban J connectivity index is 1.63. The van der Waals surface area contributed by atoms with Crippen LogP contribution in [0.3, 0.4) is 0 Å². The molecule has 0 atom stereocenters. The van der Waals surface area contributed by atoms with E-state index in [0.717, 1.165) is 11.4 Å². The van der Waals surface area contributed by atoms with E-state index >= 15 is 0 Å². The first-order valence-corrected chi connectivity index (χ1v) is 9.29. The van der Waals surface area contributed by atoms with Gasteiger partial charge in [0.25, 0.3) is 5.91 Å². The number of piperazine rings is 1. The summed E-state index contributed by atoms with van der Waals surface area (Å²) >= 11 is 0. The molecule has 0 saturated carbocycles. The number of carbonyl (C=O) groups excluding carboxylic acids is 2. The molecule has 8 heteroatoms. The smallest absolute Gasteiger partial charge is 0.259 e. The molecule has 8 nitrogen and oxygen atoms in total. The van der Waals surface area contributed by atoms with Crippen LogP contribution in [-0.4, -0.2) is 74.5 Å². The van der Waals surface area contributed by atoms with E-state index in [9.17, 15) is 9.59 Å². The second-order valence-electron chi connectivity index (χ2n) is 8.20. The quantitative estimate of drug-likeness (QED) is 0.870. The Morgan fingerprint density at radius 3 is 2.44 bits per heavy atom. The molecule has 2 aromatic heterocycles. The third-order valence-electron chi connectivity index (χ3n) is 4.55. The molecular formula is C19H28N6O2. The molecule has 1 fully saturated rings. The molecule has 3 rings (SSSR count). The highest BCUT2D eigenvalue weighted by Gasteiger charge is 2.26. The zero-order valence-corrected chi connectivity index (χ0v) is 16.7. The highest BCUT2D eigenvalue weighted by molar-refractivity contribution is 5.99. The van der Waals surface area contributed by atoms with Gasteiger partial charge in [-0.05, 0) is 40.7 Å². The molecular weight excluding hydrogens is 344 g/mol. The van der Waals surface area contributed by atoms with E-state index in [1.807, 2.05) is 45.6 Å². The molecule has 2 amide bonds. The van der Waals surface area contributed by atoms with Crippen molar-refractivity contribution >= 4 is 17.5 Å². The van der Waals surface area contributed by atoms with Crippen molar-refractivity contribution in [3.8, 4) is 0 Å². The Morgan fingerprint density at radius 2 is 1.81 bits per heavy atom. The second-order valence-corrected chi connectivity index (χ2v) is 8.20. The van der Waals surface area contributed by atoms with Crippen molar-refractivity contribution in [2.45, 2.75) is 40.2 Å². The molecule has 146 valence electrons. The molecule has 0 radical (unpaired) electrons. The lowest BCUT2D eigenvalue weighted by Crippen LogP contribution is -2.52. The van der Waals surface area contributed by atoms with E-state index in [0.29, 0.717) is 43.9 Å². The molecule has 27 heavy (non-hydrogen) atoms. The molecule has 0 bridgehead atoms. The van der Waals surface area contributed by atoms with Crippen LogP contribution >= 0.6 is 0 Å². The number of carbonyl (C=O) groups is 2. The van der Waals surface area contributed by atoms with Crippen molar-refractivity contribution < 1.29 is 9.59 Å². The van der Waals surface area contributed by atoms with Crippen LogP contribution in [0.5, 0.6) is 0 Å². The third-order valence-corrected chi connectivity index (χ3v) is 4.55. The number of hydrogen-bond donors (Lipinski definition) is 1. The van der Waals surface area contributed by atoms with Crippen LogP contribution in [-0.2, 0) is 4.79 Å². The molecule has 2 aromatic rings. The van der Waals surface area contributed by atoms with Crippen molar-refractivity contribution in [1.29, 1.82) is 0 Å². The molecule has 1 aliphatic rings. The monoisotopic (exact) mass is 372 g/mol. The zero-order chi connectivity index (χ0) is 19.8. The van der Waals surface area contributed by atoms with Crippen molar-refractivity contribution in [3.63, 3.8) is 0 Å². The topological polar surface area (TPSA) is 82.8 Å². The number of nitrogens with zero attached hydrogens (tertiary/aromatic N) is 5. The lowest BCUT2D eigenvalue weighted by Gasteiger charge is -2.34. The van der Waals surface area contributed by atoms with Crippen LogP contribution < -0.4 is 5.32 Å². The summed E-state index contributed by atoms with van der Waals surface area (Å²) in [6.45, 7) is 12.6. The van der Waals surface area contributed by atoms with Gasteiger partial charge in [-0.3, -0.25) is 14.5 Å².